The Morgan fingerprint density at radius 2 is 1.95 bits per heavy atom. The lowest BCUT2D eigenvalue weighted by atomic mass is 10.1. The van der Waals surface area contributed by atoms with Gasteiger partial charge in [-0.2, -0.15) is 4.98 Å². The number of nitrogens with zero attached hydrogens (tertiary/aromatic N) is 3. The second-order valence-electron chi connectivity index (χ2n) is 5.08. The van der Waals surface area contributed by atoms with Crippen molar-refractivity contribution in [1.29, 1.82) is 0 Å². The molecule has 19 heavy (non-hydrogen) atoms. The van der Waals surface area contributed by atoms with Crippen molar-refractivity contribution in [2.75, 3.05) is 20.6 Å². The standard InChI is InChI=1S/C14H20N4O/c1-10-4-6-11(7-5-10)8-13-16-14(17-19-13)12(15)9-18(2)3/h4-7,12H,8-9,15H2,1-3H3. The van der Waals surface area contributed by atoms with Gasteiger partial charge in [-0.15, -0.1) is 0 Å². The van der Waals surface area contributed by atoms with Crippen molar-refractivity contribution in [3.05, 3.63) is 47.1 Å². The van der Waals surface area contributed by atoms with Crippen molar-refractivity contribution in [1.82, 2.24) is 15.0 Å². The van der Waals surface area contributed by atoms with Crippen molar-refractivity contribution in [3.63, 3.8) is 0 Å². The third kappa shape index (κ3) is 3.87. The molecule has 0 aliphatic heterocycles. The van der Waals surface area contributed by atoms with Crippen LogP contribution in [0.1, 0.15) is 28.9 Å². The second-order valence-corrected chi connectivity index (χ2v) is 5.08. The molecule has 1 aromatic heterocycles. The first kappa shape index (κ1) is 13.7. The van der Waals surface area contributed by atoms with E-state index in [4.69, 9.17) is 10.3 Å². The Morgan fingerprint density at radius 3 is 2.58 bits per heavy atom. The van der Waals surface area contributed by atoms with E-state index in [9.17, 15) is 0 Å². The van der Waals surface area contributed by atoms with E-state index >= 15 is 0 Å². The molecule has 0 spiro atoms. The Labute approximate surface area is 113 Å². The number of hydrogen-bond donors (Lipinski definition) is 1. The van der Waals surface area contributed by atoms with Crippen LogP contribution in [0, 0.1) is 6.92 Å². The third-order valence-electron chi connectivity index (χ3n) is 2.85. The van der Waals surface area contributed by atoms with Gasteiger partial charge >= 0.3 is 0 Å². The molecule has 0 fully saturated rings. The van der Waals surface area contributed by atoms with Crippen molar-refractivity contribution in [2.45, 2.75) is 19.4 Å². The number of nitrogens with two attached hydrogens (primary N) is 1. The fourth-order valence-electron chi connectivity index (χ4n) is 1.85. The molecular formula is C14H20N4O. The van der Waals surface area contributed by atoms with Crippen molar-refractivity contribution in [3.8, 4) is 0 Å². The highest BCUT2D eigenvalue weighted by Crippen LogP contribution is 2.12. The highest BCUT2D eigenvalue weighted by atomic mass is 16.5. The van der Waals surface area contributed by atoms with Crippen LogP contribution in [0.15, 0.2) is 28.8 Å². The summed E-state index contributed by atoms with van der Waals surface area (Å²) in [5.41, 5.74) is 8.39. The summed E-state index contributed by atoms with van der Waals surface area (Å²) in [6.45, 7) is 2.76. The van der Waals surface area contributed by atoms with Gasteiger partial charge in [-0.25, -0.2) is 0 Å². The molecule has 2 rings (SSSR count). The first-order valence-corrected chi connectivity index (χ1v) is 6.33. The topological polar surface area (TPSA) is 68.2 Å². The van der Waals surface area contributed by atoms with Gasteiger partial charge in [0.2, 0.25) is 5.89 Å². The average molecular weight is 260 g/mol. The predicted molar refractivity (Wildman–Crippen MR) is 73.8 cm³/mol. The van der Waals surface area contributed by atoms with Crippen molar-refractivity contribution >= 4 is 0 Å². The summed E-state index contributed by atoms with van der Waals surface area (Å²) in [5, 5.41) is 3.95. The Kier molecular flexibility index (Phi) is 4.29. The molecule has 1 heterocycles. The molecule has 0 saturated heterocycles. The van der Waals surface area contributed by atoms with Crippen LogP contribution in [0.5, 0.6) is 0 Å². The van der Waals surface area contributed by atoms with Crippen LogP contribution in [-0.2, 0) is 6.42 Å². The minimum absolute atomic E-state index is 0.217. The molecule has 5 heteroatoms. The minimum Gasteiger partial charge on any atom is -0.339 e. The maximum Gasteiger partial charge on any atom is 0.231 e. The molecular weight excluding hydrogens is 240 g/mol. The first-order chi connectivity index (χ1) is 9.04. The SMILES string of the molecule is Cc1ccc(Cc2nc(C(N)CN(C)C)no2)cc1. The summed E-state index contributed by atoms with van der Waals surface area (Å²) < 4.78 is 5.24. The molecule has 102 valence electrons. The van der Waals surface area contributed by atoms with Gasteiger partial charge in [-0.1, -0.05) is 35.0 Å². The Morgan fingerprint density at radius 1 is 1.26 bits per heavy atom. The van der Waals surface area contributed by atoms with Crippen LogP contribution in [-0.4, -0.2) is 35.7 Å². The van der Waals surface area contributed by atoms with Gasteiger partial charge in [0, 0.05) is 6.54 Å². The number of rotatable bonds is 5. The smallest absolute Gasteiger partial charge is 0.231 e. The Hall–Kier alpha value is -1.72. The summed E-state index contributed by atoms with van der Waals surface area (Å²) in [5.74, 6) is 1.17. The van der Waals surface area contributed by atoms with Crippen LogP contribution in [0.3, 0.4) is 0 Å². The summed E-state index contributed by atoms with van der Waals surface area (Å²) in [7, 11) is 3.93. The molecule has 0 saturated carbocycles. The van der Waals surface area contributed by atoms with Crippen LogP contribution in [0.25, 0.3) is 0 Å². The summed E-state index contributed by atoms with van der Waals surface area (Å²) >= 11 is 0. The molecule has 2 aromatic rings. The Balaban J connectivity index is 2.02. The lowest BCUT2D eigenvalue weighted by molar-refractivity contribution is 0.348. The quantitative estimate of drug-likeness (QED) is 0.883. The molecule has 0 bridgehead atoms. The number of hydrogen-bond acceptors (Lipinski definition) is 5. The molecule has 2 N–H and O–H groups in total. The molecule has 0 aliphatic carbocycles. The first-order valence-electron chi connectivity index (χ1n) is 6.33. The van der Waals surface area contributed by atoms with Gasteiger partial charge in [0.1, 0.15) is 0 Å². The highest BCUT2D eigenvalue weighted by molar-refractivity contribution is 5.23. The molecule has 5 nitrogen and oxygen atoms in total. The van der Waals surface area contributed by atoms with Gasteiger partial charge in [0.05, 0.1) is 12.5 Å². The average Bonchev–Trinajstić information content (AvgIpc) is 2.80. The zero-order valence-corrected chi connectivity index (χ0v) is 11.6. The highest BCUT2D eigenvalue weighted by Gasteiger charge is 2.15. The molecule has 0 aliphatic rings. The largest absolute Gasteiger partial charge is 0.339 e. The van der Waals surface area contributed by atoms with Crippen LogP contribution < -0.4 is 5.73 Å². The summed E-state index contributed by atoms with van der Waals surface area (Å²) in [6, 6.07) is 8.07. The van der Waals surface area contributed by atoms with E-state index < -0.39 is 0 Å². The van der Waals surface area contributed by atoms with E-state index in [-0.39, 0.29) is 6.04 Å². The number of likely N-dealkylation sites (N-methyl/N-ethyl adjacent to an activating group) is 1. The molecule has 1 atom stereocenters. The van der Waals surface area contributed by atoms with E-state index in [1.807, 2.05) is 19.0 Å². The normalized spacial score (nSPS) is 12.9. The van der Waals surface area contributed by atoms with Gasteiger partial charge in [0.25, 0.3) is 0 Å². The fourth-order valence-corrected chi connectivity index (χ4v) is 1.85. The molecule has 1 aromatic carbocycles. The zero-order valence-electron chi connectivity index (χ0n) is 11.6. The van der Waals surface area contributed by atoms with Crippen LogP contribution in [0.4, 0.5) is 0 Å². The van der Waals surface area contributed by atoms with E-state index in [2.05, 4.69) is 41.3 Å². The van der Waals surface area contributed by atoms with Gasteiger partial charge < -0.3 is 15.2 Å². The summed E-state index contributed by atoms with van der Waals surface area (Å²) in [6.07, 6.45) is 0.641. The van der Waals surface area contributed by atoms with Gasteiger partial charge in [-0.05, 0) is 26.6 Å². The van der Waals surface area contributed by atoms with Crippen molar-refractivity contribution in [2.24, 2.45) is 5.73 Å². The van der Waals surface area contributed by atoms with Crippen LogP contribution >= 0.6 is 0 Å². The molecule has 1 unspecified atom stereocenters. The molecule has 0 amide bonds. The van der Waals surface area contributed by atoms with Gasteiger partial charge in [-0.3, -0.25) is 0 Å². The maximum absolute atomic E-state index is 6.00. The van der Waals surface area contributed by atoms with E-state index in [0.717, 1.165) is 5.56 Å². The Bertz CT molecular complexity index is 518. The summed E-state index contributed by atoms with van der Waals surface area (Å²) in [4.78, 5) is 6.35. The monoisotopic (exact) mass is 260 g/mol. The number of benzene rings is 1. The number of aromatic nitrogens is 2. The van der Waals surface area contributed by atoms with Crippen molar-refractivity contribution < 1.29 is 4.52 Å². The van der Waals surface area contributed by atoms with Gasteiger partial charge in [0.15, 0.2) is 5.82 Å². The van der Waals surface area contributed by atoms with Crippen LogP contribution in [0.2, 0.25) is 0 Å². The molecule has 0 radical (unpaired) electrons. The van der Waals surface area contributed by atoms with E-state index in [1.165, 1.54) is 5.56 Å². The lowest BCUT2D eigenvalue weighted by Gasteiger charge is -2.12. The third-order valence-corrected chi connectivity index (χ3v) is 2.85. The number of aryl methyl sites for hydroxylation is 1. The van der Waals surface area contributed by atoms with E-state index in [0.29, 0.717) is 24.7 Å². The van der Waals surface area contributed by atoms with E-state index in [1.54, 1.807) is 0 Å². The zero-order chi connectivity index (χ0) is 13.8. The lowest BCUT2D eigenvalue weighted by Crippen LogP contribution is -2.26. The minimum atomic E-state index is -0.217. The fraction of sp³-hybridized carbons (Fsp3) is 0.429. The maximum atomic E-state index is 6.00. The predicted octanol–water partition coefficient (Wildman–Crippen LogP) is 1.53. The second kappa shape index (κ2) is 5.95.